The molecule has 0 unspecified atom stereocenters. The molecule has 0 amide bonds. The molecule has 2 aromatic rings. The van der Waals surface area contributed by atoms with E-state index in [0.29, 0.717) is 5.76 Å². The number of carboxylic acids is 1. The Bertz CT molecular complexity index is 545. The molecule has 5 heteroatoms. The third kappa shape index (κ3) is 1.73. The second-order valence-electron chi connectivity index (χ2n) is 4.28. The number of carboxylic acid groups (broad SMARTS) is 1. The van der Waals surface area contributed by atoms with Gasteiger partial charge < -0.3 is 14.6 Å². The second kappa shape index (κ2) is 3.76. The predicted octanol–water partition coefficient (Wildman–Crippen LogP) is 2.25. The highest BCUT2D eigenvalue weighted by Crippen LogP contribution is 2.27. The fourth-order valence-corrected chi connectivity index (χ4v) is 2.24. The van der Waals surface area contributed by atoms with Crippen molar-refractivity contribution >= 4 is 5.97 Å². The van der Waals surface area contributed by atoms with Gasteiger partial charge in [0.15, 0.2) is 11.5 Å². The number of aromatic nitrogens is 2. The lowest BCUT2D eigenvalue weighted by Gasteiger charge is -2.08. The summed E-state index contributed by atoms with van der Waals surface area (Å²) in [5.41, 5.74) is 3.29. The molecule has 88 valence electrons. The summed E-state index contributed by atoms with van der Waals surface area (Å²) in [6.07, 6.45) is 4.53. The highest BCUT2D eigenvalue weighted by atomic mass is 16.5. The summed E-state index contributed by atoms with van der Waals surface area (Å²) in [6.45, 7) is 0. The minimum absolute atomic E-state index is 0.0624. The van der Waals surface area contributed by atoms with Gasteiger partial charge in [0.1, 0.15) is 0 Å². The smallest absolute Gasteiger partial charge is 0.358 e. The summed E-state index contributed by atoms with van der Waals surface area (Å²) in [7, 11) is 0. The average molecular weight is 232 g/mol. The van der Waals surface area contributed by atoms with Gasteiger partial charge in [-0.05, 0) is 37.3 Å². The Morgan fingerprint density at radius 1 is 1.35 bits per heavy atom. The molecule has 3 rings (SSSR count). The second-order valence-corrected chi connectivity index (χ2v) is 4.28. The van der Waals surface area contributed by atoms with E-state index in [1.807, 2.05) is 6.07 Å². The maximum atomic E-state index is 10.7. The Labute approximate surface area is 97.4 Å². The standard InChI is InChI=1S/C12H12N2O3/c15-12(16)10-6-11(17-14-10)9-5-7-3-1-2-4-8(7)13-9/h5-6,13H,1-4H2,(H,15,16). The van der Waals surface area contributed by atoms with E-state index < -0.39 is 5.97 Å². The Kier molecular flexibility index (Phi) is 2.24. The summed E-state index contributed by atoms with van der Waals surface area (Å²) in [5.74, 6) is -0.590. The molecule has 0 bridgehead atoms. The number of carbonyl (C=O) groups is 1. The molecule has 17 heavy (non-hydrogen) atoms. The van der Waals surface area contributed by atoms with E-state index >= 15 is 0 Å². The SMILES string of the molecule is O=C(O)c1cc(-c2cc3c([nH]2)CCCC3)on1. The van der Waals surface area contributed by atoms with Crippen LogP contribution in [0, 0.1) is 0 Å². The molecule has 2 N–H and O–H groups in total. The number of hydrogen-bond donors (Lipinski definition) is 2. The van der Waals surface area contributed by atoms with Crippen molar-refractivity contribution < 1.29 is 14.4 Å². The van der Waals surface area contributed by atoms with Crippen molar-refractivity contribution in [3.63, 3.8) is 0 Å². The molecule has 0 aromatic carbocycles. The number of rotatable bonds is 2. The molecular weight excluding hydrogens is 220 g/mol. The maximum Gasteiger partial charge on any atom is 0.358 e. The number of fused-ring (bicyclic) bond motifs is 1. The van der Waals surface area contributed by atoms with Crippen LogP contribution >= 0.6 is 0 Å². The number of nitrogens with one attached hydrogen (secondary N) is 1. The topological polar surface area (TPSA) is 79.1 Å². The Balaban J connectivity index is 1.97. The first-order valence-corrected chi connectivity index (χ1v) is 5.65. The molecule has 1 aliphatic carbocycles. The summed E-state index contributed by atoms with van der Waals surface area (Å²) < 4.78 is 5.03. The van der Waals surface area contributed by atoms with Gasteiger partial charge in [0.05, 0.1) is 5.69 Å². The fraction of sp³-hybridized carbons (Fsp3) is 0.333. The zero-order valence-electron chi connectivity index (χ0n) is 9.19. The zero-order valence-corrected chi connectivity index (χ0v) is 9.19. The summed E-state index contributed by atoms with van der Waals surface area (Å²) in [5, 5.41) is 12.3. The van der Waals surface area contributed by atoms with Gasteiger partial charge in [-0.15, -0.1) is 0 Å². The maximum absolute atomic E-state index is 10.7. The van der Waals surface area contributed by atoms with Crippen LogP contribution in [0.2, 0.25) is 0 Å². The molecular formula is C12H12N2O3. The van der Waals surface area contributed by atoms with Crippen LogP contribution in [0.1, 0.15) is 34.6 Å². The molecule has 0 saturated carbocycles. The summed E-state index contributed by atoms with van der Waals surface area (Å²) in [6, 6.07) is 3.47. The average Bonchev–Trinajstić information content (AvgIpc) is 2.95. The first-order valence-electron chi connectivity index (χ1n) is 5.65. The summed E-state index contributed by atoms with van der Waals surface area (Å²) in [4.78, 5) is 14.0. The number of nitrogens with zero attached hydrogens (tertiary/aromatic N) is 1. The number of aromatic amines is 1. The van der Waals surface area contributed by atoms with Gasteiger partial charge >= 0.3 is 5.97 Å². The van der Waals surface area contributed by atoms with Crippen molar-refractivity contribution in [2.45, 2.75) is 25.7 Å². The monoisotopic (exact) mass is 232 g/mol. The minimum atomic E-state index is -1.07. The van der Waals surface area contributed by atoms with Crippen LogP contribution in [-0.2, 0) is 12.8 Å². The number of aromatic carboxylic acids is 1. The van der Waals surface area contributed by atoms with Crippen LogP contribution < -0.4 is 0 Å². The molecule has 0 radical (unpaired) electrons. The third-order valence-corrected chi connectivity index (χ3v) is 3.11. The van der Waals surface area contributed by atoms with Crippen molar-refractivity contribution in [1.29, 1.82) is 0 Å². The lowest BCUT2D eigenvalue weighted by Crippen LogP contribution is -1.99. The van der Waals surface area contributed by atoms with E-state index in [2.05, 4.69) is 10.1 Å². The van der Waals surface area contributed by atoms with Crippen molar-refractivity contribution in [3.8, 4) is 11.5 Å². The van der Waals surface area contributed by atoms with Gasteiger partial charge in [-0.1, -0.05) is 5.16 Å². The molecule has 0 spiro atoms. The lowest BCUT2D eigenvalue weighted by atomic mass is 9.98. The van der Waals surface area contributed by atoms with E-state index in [0.717, 1.165) is 18.5 Å². The Morgan fingerprint density at radius 3 is 2.88 bits per heavy atom. The van der Waals surface area contributed by atoms with Crippen LogP contribution in [0.25, 0.3) is 11.5 Å². The van der Waals surface area contributed by atoms with Gasteiger partial charge in [-0.2, -0.15) is 0 Å². The lowest BCUT2D eigenvalue weighted by molar-refractivity contribution is 0.0686. The van der Waals surface area contributed by atoms with Crippen molar-refractivity contribution in [3.05, 3.63) is 29.1 Å². The van der Waals surface area contributed by atoms with E-state index in [-0.39, 0.29) is 5.69 Å². The molecule has 2 heterocycles. The molecule has 0 atom stereocenters. The van der Waals surface area contributed by atoms with Crippen molar-refractivity contribution in [2.24, 2.45) is 0 Å². The molecule has 2 aromatic heterocycles. The van der Waals surface area contributed by atoms with Crippen LogP contribution in [0.15, 0.2) is 16.7 Å². The van der Waals surface area contributed by atoms with E-state index in [4.69, 9.17) is 9.63 Å². The molecule has 0 aliphatic heterocycles. The number of hydrogen-bond acceptors (Lipinski definition) is 3. The van der Waals surface area contributed by atoms with Crippen LogP contribution in [-0.4, -0.2) is 21.2 Å². The van der Waals surface area contributed by atoms with Crippen molar-refractivity contribution in [2.75, 3.05) is 0 Å². The van der Waals surface area contributed by atoms with Crippen molar-refractivity contribution in [1.82, 2.24) is 10.1 Å². The van der Waals surface area contributed by atoms with Gasteiger partial charge in [-0.25, -0.2) is 4.79 Å². The molecule has 1 aliphatic rings. The van der Waals surface area contributed by atoms with Gasteiger partial charge in [0.2, 0.25) is 0 Å². The van der Waals surface area contributed by atoms with E-state index in [1.54, 1.807) is 0 Å². The predicted molar refractivity (Wildman–Crippen MR) is 59.9 cm³/mol. The fourth-order valence-electron chi connectivity index (χ4n) is 2.24. The van der Waals surface area contributed by atoms with Gasteiger partial charge in [-0.3, -0.25) is 0 Å². The largest absolute Gasteiger partial charge is 0.476 e. The zero-order chi connectivity index (χ0) is 11.8. The van der Waals surface area contributed by atoms with Crippen LogP contribution in [0.3, 0.4) is 0 Å². The van der Waals surface area contributed by atoms with Crippen LogP contribution in [0.5, 0.6) is 0 Å². The Hall–Kier alpha value is -2.04. The number of aryl methyl sites for hydroxylation is 2. The van der Waals surface area contributed by atoms with E-state index in [1.165, 1.54) is 30.2 Å². The molecule has 5 nitrogen and oxygen atoms in total. The first-order chi connectivity index (χ1) is 8.24. The normalized spacial score (nSPS) is 14.6. The quantitative estimate of drug-likeness (QED) is 0.832. The highest BCUT2D eigenvalue weighted by Gasteiger charge is 2.17. The van der Waals surface area contributed by atoms with Gasteiger partial charge in [0, 0.05) is 11.8 Å². The first kappa shape index (κ1) is 10.1. The minimum Gasteiger partial charge on any atom is -0.476 e. The highest BCUT2D eigenvalue weighted by molar-refractivity contribution is 5.86. The summed E-state index contributed by atoms with van der Waals surface area (Å²) >= 11 is 0. The van der Waals surface area contributed by atoms with E-state index in [9.17, 15) is 4.79 Å². The van der Waals surface area contributed by atoms with Crippen LogP contribution in [0.4, 0.5) is 0 Å². The van der Waals surface area contributed by atoms with Gasteiger partial charge in [0.25, 0.3) is 0 Å². The number of H-pyrrole nitrogens is 1. The molecule has 0 fully saturated rings. The third-order valence-electron chi connectivity index (χ3n) is 3.11. The Morgan fingerprint density at radius 2 is 2.18 bits per heavy atom. The molecule has 0 saturated heterocycles.